The van der Waals surface area contributed by atoms with E-state index in [-0.39, 0.29) is 24.4 Å². The molecule has 1 saturated heterocycles. The molecule has 0 bridgehead atoms. The number of hydrogen-bond donors (Lipinski definition) is 2. The van der Waals surface area contributed by atoms with Crippen LogP contribution in [-0.4, -0.2) is 36.5 Å². The van der Waals surface area contributed by atoms with Crippen molar-refractivity contribution in [1.29, 1.82) is 0 Å². The zero-order chi connectivity index (χ0) is 13.1. The molecular formula is C14H22ClN3O. The Kier molecular flexibility index (Phi) is 5.79. The van der Waals surface area contributed by atoms with E-state index in [4.69, 9.17) is 5.73 Å². The summed E-state index contributed by atoms with van der Waals surface area (Å²) in [5.74, 6) is 0.0346. The van der Waals surface area contributed by atoms with Crippen LogP contribution >= 0.6 is 12.4 Å². The van der Waals surface area contributed by atoms with E-state index < -0.39 is 0 Å². The van der Waals surface area contributed by atoms with Crippen molar-refractivity contribution in [2.24, 2.45) is 5.73 Å². The Labute approximate surface area is 120 Å². The zero-order valence-electron chi connectivity index (χ0n) is 11.5. The van der Waals surface area contributed by atoms with Crippen molar-refractivity contribution in [2.45, 2.75) is 26.3 Å². The van der Waals surface area contributed by atoms with Gasteiger partial charge in [0.1, 0.15) is 0 Å². The molecule has 1 aromatic carbocycles. The normalized spacial score (nSPS) is 19.0. The van der Waals surface area contributed by atoms with Gasteiger partial charge in [-0.25, -0.2) is 0 Å². The van der Waals surface area contributed by atoms with Crippen LogP contribution in [0, 0.1) is 13.8 Å². The van der Waals surface area contributed by atoms with E-state index in [9.17, 15) is 4.79 Å². The third-order valence-electron chi connectivity index (χ3n) is 3.47. The zero-order valence-corrected chi connectivity index (χ0v) is 12.3. The lowest BCUT2D eigenvalue weighted by Crippen LogP contribution is -2.33. The number of anilines is 1. The van der Waals surface area contributed by atoms with E-state index in [2.05, 4.69) is 17.1 Å². The summed E-state index contributed by atoms with van der Waals surface area (Å²) in [5, 5.41) is 2.93. The number of halogens is 1. The predicted molar refractivity (Wildman–Crippen MR) is 80.8 cm³/mol. The van der Waals surface area contributed by atoms with Crippen LogP contribution in [0.4, 0.5) is 5.69 Å². The second-order valence-electron chi connectivity index (χ2n) is 5.13. The van der Waals surface area contributed by atoms with E-state index in [1.54, 1.807) is 0 Å². The Balaban J connectivity index is 0.00000180. The van der Waals surface area contributed by atoms with Gasteiger partial charge in [-0.1, -0.05) is 6.07 Å². The average molecular weight is 284 g/mol. The number of carbonyl (C=O) groups is 1. The fraction of sp³-hybridized carbons (Fsp3) is 0.500. The fourth-order valence-corrected chi connectivity index (χ4v) is 2.23. The SMILES string of the molecule is Cc1ccc(NC(=O)CN2CCC(N)C2)cc1C.Cl. The Morgan fingerprint density at radius 1 is 1.42 bits per heavy atom. The quantitative estimate of drug-likeness (QED) is 0.888. The van der Waals surface area contributed by atoms with Gasteiger partial charge < -0.3 is 11.1 Å². The van der Waals surface area contributed by atoms with Crippen molar-refractivity contribution in [3.63, 3.8) is 0 Å². The van der Waals surface area contributed by atoms with Crippen molar-refractivity contribution in [3.8, 4) is 0 Å². The monoisotopic (exact) mass is 283 g/mol. The molecule has 0 aliphatic carbocycles. The third-order valence-corrected chi connectivity index (χ3v) is 3.47. The lowest BCUT2D eigenvalue weighted by molar-refractivity contribution is -0.117. The second-order valence-corrected chi connectivity index (χ2v) is 5.13. The minimum atomic E-state index is 0. The Morgan fingerprint density at radius 3 is 2.74 bits per heavy atom. The topological polar surface area (TPSA) is 58.4 Å². The van der Waals surface area contributed by atoms with E-state index >= 15 is 0 Å². The number of carbonyl (C=O) groups excluding carboxylic acids is 1. The van der Waals surface area contributed by atoms with Crippen molar-refractivity contribution < 1.29 is 4.79 Å². The summed E-state index contributed by atoms with van der Waals surface area (Å²) in [4.78, 5) is 14.0. The smallest absolute Gasteiger partial charge is 0.238 e. The third kappa shape index (κ3) is 4.49. The molecule has 1 aromatic rings. The summed E-state index contributed by atoms with van der Waals surface area (Å²) in [6.07, 6.45) is 0.983. The molecule has 1 aliphatic heterocycles. The molecule has 0 aromatic heterocycles. The first-order chi connectivity index (χ1) is 8.54. The van der Waals surface area contributed by atoms with Gasteiger partial charge in [-0.3, -0.25) is 9.69 Å². The first-order valence-corrected chi connectivity index (χ1v) is 6.39. The van der Waals surface area contributed by atoms with Crippen LogP contribution in [0.25, 0.3) is 0 Å². The van der Waals surface area contributed by atoms with Gasteiger partial charge in [-0.2, -0.15) is 0 Å². The lowest BCUT2D eigenvalue weighted by Gasteiger charge is -2.15. The largest absolute Gasteiger partial charge is 0.326 e. The number of hydrogen-bond acceptors (Lipinski definition) is 3. The summed E-state index contributed by atoms with van der Waals surface area (Å²) in [7, 11) is 0. The van der Waals surface area contributed by atoms with Gasteiger partial charge in [0.2, 0.25) is 5.91 Å². The number of nitrogens with zero attached hydrogens (tertiary/aromatic N) is 1. The van der Waals surface area contributed by atoms with Crippen LogP contribution in [0.3, 0.4) is 0 Å². The van der Waals surface area contributed by atoms with Gasteiger partial charge in [0.25, 0.3) is 0 Å². The van der Waals surface area contributed by atoms with Crippen LogP contribution in [0.5, 0.6) is 0 Å². The molecule has 0 spiro atoms. The summed E-state index contributed by atoms with van der Waals surface area (Å²) >= 11 is 0. The number of likely N-dealkylation sites (tertiary alicyclic amines) is 1. The highest BCUT2D eigenvalue weighted by atomic mass is 35.5. The number of rotatable bonds is 3. The molecule has 1 amide bonds. The summed E-state index contributed by atoms with van der Waals surface area (Å²) in [6, 6.07) is 6.19. The van der Waals surface area contributed by atoms with Crippen molar-refractivity contribution in [1.82, 2.24) is 4.90 Å². The highest BCUT2D eigenvalue weighted by molar-refractivity contribution is 5.92. The maximum atomic E-state index is 11.9. The maximum Gasteiger partial charge on any atom is 0.238 e. The molecule has 2 rings (SSSR count). The lowest BCUT2D eigenvalue weighted by atomic mass is 10.1. The standard InChI is InChI=1S/C14H21N3O.ClH/c1-10-3-4-13(7-11(10)2)16-14(18)9-17-6-5-12(15)8-17;/h3-4,7,12H,5-6,8-9,15H2,1-2H3,(H,16,18);1H. The second kappa shape index (κ2) is 6.89. The van der Waals surface area contributed by atoms with Gasteiger partial charge in [-0.05, 0) is 43.5 Å². The van der Waals surface area contributed by atoms with Crippen molar-refractivity contribution >= 4 is 24.0 Å². The maximum absolute atomic E-state index is 11.9. The number of nitrogens with two attached hydrogens (primary N) is 1. The van der Waals surface area contributed by atoms with Crippen molar-refractivity contribution in [2.75, 3.05) is 25.0 Å². The van der Waals surface area contributed by atoms with Gasteiger partial charge in [0, 0.05) is 24.8 Å². The van der Waals surface area contributed by atoms with Crippen LogP contribution in [0.2, 0.25) is 0 Å². The highest BCUT2D eigenvalue weighted by Crippen LogP contribution is 2.14. The number of amides is 1. The fourth-order valence-electron chi connectivity index (χ4n) is 2.23. The van der Waals surface area contributed by atoms with E-state index in [1.807, 2.05) is 25.1 Å². The molecule has 1 fully saturated rings. The summed E-state index contributed by atoms with van der Waals surface area (Å²) in [5.41, 5.74) is 9.11. The number of benzene rings is 1. The van der Waals surface area contributed by atoms with Crippen LogP contribution in [-0.2, 0) is 4.79 Å². The first-order valence-electron chi connectivity index (χ1n) is 6.39. The molecule has 5 heteroatoms. The Bertz CT molecular complexity index is 450. The molecule has 1 heterocycles. The summed E-state index contributed by atoms with van der Waals surface area (Å²) < 4.78 is 0. The molecule has 19 heavy (non-hydrogen) atoms. The van der Waals surface area contributed by atoms with Gasteiger partial charge in [0.15, 0.2) is 0 Å². The molecule has 4 nitrogen and oxygen atoms in total. The van der Waals surface area contributed by atoms with Crippen molar-refractivity contribution in [3.05, 3.63) is 29.3 Å². The Morgan fingerprint density at radius 2 is 2.16 bits per heavy atom. The van der Waals surface area contributed by atoms with E-state index in [0.29, 0.717) is 6.54 Å². The minimum absolute atomic E-state index is 0. The summed E-state index contributed by atoms with van der Waals surface area (Å²) in [6.45, 7) is 6.28. The molecule has 1 unspecified atom stereocenters. The molecule has 3 N–H and O–H groups in total. The molecule has 106 valence electrons. The number of aryl methyl sites for hydroxylation is 2. The molecule has 1 atom stereocenters. The molecule has 0 saturated carbocycles. The molecule has 1 aliphatic rings. The Hall–Kier alpha value is -1.10. The highest BCUT2D eigenvalue weighted by Gasteiger charge is 2.20. The first kappa shape index (κ1) is 16.0. The predicted octanol–water partition coefficient (Wildman–Crippen LogP) is 1.70. The van der Waals surface area contributed by atoms with Crippen LogP contribution in [0.1, 0.15) is 17.5 Å². The van der Waals surface area contributed by atoms with Gasteiger partial charge in [0.05, 0.1) is 6.54 Å². The minimum Gasteiger partial charge on any atom is -0.326 e. The van der Waals surface area contributed by atoms with Gasteiger partial charge >= 0.3 is 0 Å². The van der Waals surface area contributed by atoms with E-state index in [1.165, 1.54) is 11.1 Å². The van der Waals surface area contributed by atoms with Crippen LogP contribution < -0.4 is 11.1 Å². The number of nitrogens with one attached hydrogen (secondary N) is 1. The van der Waals surface area contributed by atoms with Crippen LogP contribution in [0.15, 0.2) is 18.2 Å². The average Bonchev–Trinajstić information content (AvgIpc) is 2.69. The molecular weight excluding hydrogens is 262 g/mol. The van der Waals surface area contributed by atoms with Gasteiger partial charge in [-0.15, -0.1) is 12.4 Å². The molecule has 0 radical (unpaired) electrons. The van der Waals surface area contributed by atoms with E-state index in [0.717, 1.165) is 25.2 Å².